The van der Waals surface area contributed by atoms with Crippen LogP contribution in [0.1, 0.15) is 418 Å². The van der Waals surface area contributed by atoms with Gasteiger partial charge in [-0.15, -0.1) is 0 Å². The van der Waals surface area contributed by atoms with E-state index in [-0.39, 0.29) is 18.5 Å². The van der Waals surface area contributed by atoms with E-state index in [4.69, 9.17) is 4.74 Å². The molecule has 0 radical (unpaired) electrons. The minimum atomic E-state index is -0.838. The molecule has 1 amide bonds. The summed E-state index contributed by atoms with van der Waals surface area (Å²) in [4.78, 5) is 24.6. The van der Waals surface area contributed by atoms with Gasteiger partial charge in [0.2, 0.25) is 5.91 Å². The van der Waals surface area contributed by atoms with Gasteiger partial charge < -0.3 is 20.3 Å². The average molecular weight is 1140 g/mol. The molecule has 0 rings (SSSR count). The van der Waals surface area contributed by atoms with Crippen molar-refractivity contribution in [2.75, 3.05) is 13.2 Å². The molecular weight excluding hydrogens is 995 g/mol. The number of hydrogen-bond acceptors (Lipinski definition) is 5. The third-order valence-corrected chi connectivity index (χ3v) is 17.5. The van der Waals surface area contributed by atoms with Crippen LogP contribution < -0.4 is 5.32 Å². The standard InChI is InChI=1S/C75H145NO5/c1-3-5-7-9-11-13-15-16-17-18-36-40-43-46-49-53-57-61-65-69-75(80)81-70-66-62-58-54-50-47-44-41-38-35-33-31-29-27-25-23-21-19-20-22-24-26-28-30-32-34-37-39-42-45-48-52-56-60-64-68-74(79)76-72(71-77)73(78)67-63-59-55-51-14-12-10-8-6-4-2/h16-17,63,67,72-73,77-78H,3-15,18-62,64-66,68-71H2,1-2H3,(H,76,79)/b17-16-,67-63+. The molecule has 0 aromatic rings. The number of carbonyl (C=O) groups is 2. The first-order chi connectivity index (χ1) is 40.0. The summed E-state index contributed by atoms with van der Waals surface area (Å²) in [6.45, 7) is 4.92. The summed E-state index contributed by atoms with van der Waals surface area (Å²) >= 11 is 0. The molecular formula is C75H145NO5. The van der Waals surface area contributed by atoms with Crippen molar-refractivity contribution in [3.63, 3.8) is 0 Å². The first-order valence-corrected chi connectivity index (χ1v) is 37.1. The van der Waals surface area contributed by atoms with Gasteiger partial charge in [-0.2, -0.15) is 0 Å². The molecule has 0 bridgehead atoms. The van der Waals surface area contributed by atoms with Crippen molar-refractivity contribution in [2.24, 2.45) is 0 Å². The lowest BCUT2D eigenvalue weighted by Gasteiger charge is -2.20. The maximum Gasteiger partial charge on any atom is 0.305 e. The normalized spacial score (nSPS) is 12.6. The summed E-state index contributed by atoms with van der Waals surface area (Å²) in [7, 11) is 0. The highest BCUT2D eigenvalue weighted by atomic mass is 16.5. The number of amides is 1. The SMILES string of the molecule is CCCCCCCC/C=C\CCCCCCCCCCCC(=O)OCCCCCCCCCCCCCCCCCCCCCCCCCCCCCCCCCCCCCC(=O)NC(CO)C(O)/C=C/CCCCCCCCCC. The van der Waals surface area contributed by atoms with Crippen molar-refractivity contribution in [2.45, 2.75) is 431 Å². The molecule has 0 aliphatic rings. The van der Waals surface area contributed by atoms with Gasteiger partial charge in [-0.3, -0.25) is 9.59 Å². The molecule has 6 heteroatoms. The maximum atomic E-state index is 12.4. The number of aliphatic hydroxyl groups excluding tert-OH is 2. The van der Waals surface area contributed by atoms with Crippen molar-refractivity contribution in [1.29, 1.82) is 0 Å². The van der Waals surface area contributed by atoms with Crippen LogP contribution in [0.25, 0.3) is 0 Å². The zero-order chi connectivity index (χ0) is 58.5. The second-order valence-electron chi connectivity index (χ2n) is 25.6. The number of rotatable bonds is 70. The number of hydrogen-bond donors (Lipinski definition) is 3. The fourth-order valence-corrected chi connectivity index (χ4v) is 11.8. The van der Waals surface area contributed by atoms with Crippen LogP contribution in [0.5, 0.6) is 0 Å². The van der Waals surface area contributed by atoms with Gasteiger partial charge in [-0.05, 0) is 57.8 Å². The second-order valence-corrected chi connectivity index (χ2v) is 25.6. The Kier molecular flexibility index (Phi) is 69.4. The first-order valence-electron chi connectivity index (χ1n) is 37.1. The Bertz CT molecular complexity index is 1270. The number of allylic oxidation sites excluding steroid dienone is 3. The minimum absolute atomic E-state index is 0.0226. The van der Waals surface area contributed by atoms with E-state index in [1.807, 2.05) is 6.08 Å². The predicted octanol–water partition coefficient (Wildman–Crippen LogP) is 24.1. The molecule has 0 aromatic heterocycles. The highest BCUT2D eigenvalue weighted by Crippen LogP contribution is 2.19. The predicted molar refractivity (Wildman–Crippen MR) is 356 cm³/mol. The molecule has 2 atom stereocenters. The second kappa shape index (κ2) is 70.8. The average Bonchev–Trinajstić information content (AvgIpc) is 3.47. The molecule has 0 aliphatic carbocycles. The van der Waals surface area contributed by atoms with Crippen molar-refractivity contribution in [3.05, 3.63) is 24.3 Å². The van der Waals surface area contributed by atoms with E-state index in [0.29, 0.717) is 19.4 Å². The molecule has 6 nitrogen and oxygen atoms in total. The van der Waals surface area contributed by atoms with Crippen LogP contribution in [-0.2, 0) is 14.3 Å². The van der Waals surface area contributed by atoms with Crippen molar-refractivity contribution >= 4 is 11.9 Å². The Morgan fingerprint density at radius 3 is 0.877 bits per heavy atom. The van der Waals surface area contributed by atoms with Crippen LogP contribution in [0.3, 0.4) is 0 Å². The highest BCUT2D eigenvalue weighted by Gasteiger charge is 2.18. The molecule has 81 heavy (non-hydrogen) atoms. The lowest BCUT2D eigenvalue weighted by atomic mass is 10.0. The lowest BCUT2D eigenvalue weighted by molar-refractivity contribution is -0.143. The summed E-state index contributed by atoms with van der Waals surface area (Å²) in [6, 6.07) is -0.621. The first kappa shape index (κ1) is 79.3. The van der Waals surface area contributed by atoms with Crippen molar-refractivity contribution in [1.82, 2.24) is 5.32 Å². The number of ether oxygens (including phenoxy) is 1. The van der Waals surface area contributed by atoms with Gasteiger partial charge in [-0.25, -0.2) is 0 Å². The minimum Gasteiger partial charge on any atom is -0.466 e. The van der Waals surface area contributed by atoms with Crippen LogP contribution >= 0.6 is 0 Å². The third-order valence-electron chi connectivity index (χ3n) is 17.5. The van der Waals surface area contributed by atoms with E-state index in [9.17, 15) is 19.8 Å². The van der Waals surface area contributed by atoms with Gasteiger partial charge in [0, 0.05) is 12.8 Å². The van der Waals surface area contributed by atoms with Gasteiger partial charge in [0.05, 0.1) is 25.4 Å². The number of aliphatic hydroxyl groups is 2. The van der Waals surface area contributed by atoms with E-state index in [1.54, 1.807) is 6.08 Å². The molecule has 0 fully saturated rings. The van der Waals surface area contributed by atoms with Crippen LogP contribution in [0, 0.1) is 0 Å². The summed E-state index contributed by atoms with van der Waals surface area (Å²) in [5, 5.41) is 23.0. The van der Waals surface area contributed by atoms with Crippen LogP contribution in [-0.4, -0.2) is 47.4 Å². The Labute approximate surface area is 507 Å². The number of esters is 1. The van der Waals surface area contributed by atoms with E-state index in [0.717, 1.165) is 38.5 Å². The Morgan fingerprint density at radius 1 is 0.333 bits per heavy atom. The number of unbranched alkanes of at least 4 members (excludes halogenated alkanes) is 57. The molecule has 0 spiro atoms. The molecule has 0 aromatic carbocycles. The van der Waals surface area contributed by atoms with E-state index in [2.05, 4.69) is 31.3 Å². The van der Waals surface area contributed by atoms with Crippen LogP contribution in [0.4, 0.5) is 0 Å². The molecule has 480 valence electrons. The van der Waals surface area contributed by atoms with Crippen molar-refractivity contribution < 1.29 is 24.5 Å². The largest absolute Gasteiger partial charge is 0.466 e. The Hall–Kier alpha value is -1.66. The van der Waals surface area contributed by atoms with Gasteiger partial charge >= 0.3 is 5.97 Å². The zero-order valence-electron chi connectivity index (χ0n) is 55.0. The third kappa shape index (κ3) is 67.3. The van der Waals surface area contributed by atoms with E-state index >= 15 is 0 Å². The van der Waals surface area contributed by atoms with Gasteiger partial charge in [0.15, 0.2) is 0 Å². The molecule has 0 aliphatic heterocycles. The van der Waals surface area contributed by atoms with E-state index in [1.165, 1.54) is 353 Å². The van der Waals surface area contributed by atoms with Crippen LogP contribution in [0.2, 0.25) is 0 Å². The number of carbonyl (C=O) groups excluding carboxylic acids is 2. The lowest BCUT2D eigenvalue weighted by Crippen LogP contribution is -2.45. The summed E-state index contributed by atoms with van der Waals surface area (Å²) in [6.07, 6.45) is 90.1. The summed E-state index contributed by atoms with van der Waals surface area (Å²) < 4.78 is 5.52. The summed E-state index contributed by atoms with van der Waals surface area (Å²) in [5.74, 6) is -0.0401. The van der Waals surface area contributed by atoms with Gasteiger partial charge in [0.1, 0.15) is 0 Å². The molecule has 0 heterocycles. The topological polar surface area (TPSA) is 95.9 Å². The number of nitrogens with one attached hydrogen (secondary N) is 1. The molecule has 0 saturated carbocycles. The fraction of sp³-hybridized carbons (Fsp3) is 0.920. The fourth-order valence-electron chi connectivity index (χ4n) is 11.8. The van der Waals surface area contributed by atoms with Gasteiger partial charge in [-0.1, -0.05) is 372 Å². The Morgan fingerprint density at radius 2 is 0.580 bits per heavy atom. The molecule has 3 N–H and O–H groups in total. The van der Waals surface area contributed by atoms with E-state index < -0.39 is 12.1 Å². The maximum absolute atomic E-state index is 12.4. The summed E-state index contributed by atoms with van der Waals surface area (Å²) in [5.41, 5.74) is 0. The quantitative estimate of drug-likeness (QED) is 0.0320. The van der Waals surface area contributed by atoms with Gasteiger partial charge in [0.25, 0.3) is 0 Å². The van der Waals surface area contributed by atoms with Crippen molar-refractivity contribution in [3.8, 4) is 0 Å². The monoisotopic (exact) mass is 1140 g/mol. The van der Waals surface area contributed by atoms with Crippen LogP contribution in [0.15, 0.2) is 24.3 Å². The smallest absolute Gasteiger partial charge is 0.305 e. The molecule has 2 unspecified atom stereocenters. The highest BCUT2D eigenvalue weighted by molar-refractivity contribution is 5.76. The molecule has 0 saturated heterocycles. The Balaban J connectivity index is 3.28. The zero-order valence-corrected chi connectivity index (χ0v) is 55.0.